The highest BCUT2D eigenvalue weighted by Crippen LogP contribution is 2.19. The zero-order valence-corrected chi connectivity index (χ0v) is 13.0. The predicted octanol–water partition coefficient (Wildman–Crippen LogP) is 2.29. The van der Waals surface area contributed by atoms with Crippen molar-refractivity contribution in [3.8, 4) is 0 Å². The molecule has 0 bridgehead atoms. The molecule has 0 aliphatic carbocycles. The maximum Gasteiger partial charge on any atom is 0.272 e. The van der Waals surface area contributed by atoms with Gasteiger partial charge < -0.3 is 9.64 Å². The first-order valence-corrected chi connectivity index (χ1v) is 7.60. The van der Waals surface area contributed by atoms with E-state index in [1.807, 2.05) is 20.8 Å². The average molecular weight is 305 g/mol. The normalized spacial score (nSPS) is 22.3. The van der Waals surface area contributed by atoms with Crippen molar-refractivity contribution in [2.75, 3.05) is 13.1 Å². The molecule has 22 heavy (non-hydrogen) atoms. The van der Waals surface area contributed by atoms with Crippen LogP contribution in [-0.4, -0.2) is 45.5 Å². The number of carbonyl (C=O) groups is 1. The van der Waals surface area contributed by atoms with Gasteiger partial charge in [-0.25, -0.2) is 9.37 Å². The maximum atomic E-state index is 13.6. The molecular formula is C16H20FN3O2. The van der Waals surface area contributed by atoms with Crippen molar-refractivity contribution in [3.05, 3.63) is 35.5 Å². The van der Waals surface area contributed by atoms with Crippen LogP contribution in [0.1, 0.15) is 37.0 Å². The van der Waals surface area contributed by atoms with E-state index in [0.717, 1.165) is 0 Å². The van der Waals surface area contributed by atoms with Crippen molar-refractivity contribution >= 4 is 11.6 Å². The fraction of sp³-hybridized carbons (Fsp3) is 0.500. The van der Waals surface area contributed by atoms with E-state index < -0.39 is 0 Å². The molecule has 0 radical (unpaired) electrons. The van der Waals surface area contributed by atoms with Gasteiger partial charge in [-0.1, -0.05) is 6.92 Å². The Balaban J connectivity index is 2.04. The molecular weight excluding hydrogens is 285 g/mol. The molecule has 3 rings (SSSR count). The SMILES string of the molecule is CCc1nc2ccc(F)cn2c1C(=O)N1CC(C)OC(C)C1. The third kappa shape index (κ3) is 2.59. The van der Waals surface area contributed by atoms with Crippen LogP contribution in [0, 0.1) is 5.82 Å². The number of aromatic nitrogens is 2. The first kappa shape index (κ1) is 15.0. The van der Waals surface area contributed by atoms with Gasteiger partial charge in [0, 0.05) is 19.3 Å². The molecule has 1 aliphatic rings. The molecule has 5 nitrogen and oxygen atoms in total. The first-order valence-electron chi connectivity index (χ1n) is 7.60. The van der Waals surface area contributed by atoms with Gasteiger partial charge in [-0.2, -0.15) is 0 Å². The van der Waals surface area contributed by atoms with Crippen molar-refractivity contribution in [1.82, 2.24) is 14.3 Å². The Labute approximate surface area is 128 Å². The Morgan fingerprint density at radius 2 is 2.05 bits per heavy atom. The van der Waals surface area contributed by atoms with Gasteiger partial charge in [0.25, 0.3) is 5.91 Å². The smallest absolute Gasteiger partial charge is 0.272 e. The molecule has 2 unspecified atom stereocenters. The summed E-state index contributed by atoms with van der Waals surface area (Å²) in [7, 11) is 0. The lowest BCUT2D eigenvalue weighted by atomic mass is 10.2. The third-order valence-electron chi connectivity index (χ3n) is 3.90. The molecule has 2 atom stereocenters. The summed E-state index contributed by atoms with van der Waals surface area (Å²) in [6, 6.07) is 2.95. The Hall–Kier alpha value is -1.95. The lowest BCUT2D eigenvalue weighted by molar-refractivity contribution is -0.0588. The van der Waals surface area contributed by atoms with Crippen molar-refractivity contribution < 1.29 is 13.9 Å². The number of carbonyl (C=O) groups excluding carboxylic acids is 1. The van der Waals surface area contributed by atoms with Crippen molar-refractivity contribution in [2.45, 2.75) is 39.4 Å². The number of hydrogen-bond acceptors (Lipinski definition) is 3. The molecule has 1 saturated heterocycles. The molecule has 1 amide bonds. The van der Waals surface area contributed by atoms with E-state index in [4.69, 9.17) is 4.74 Å². The van der Waals surface area contributed by atoms with Gasteiger partial charge in [0.15, 0.2) is 0 Å². The van der Waals surface area contributed by atoms with E-state index in [2.05, 4.69) is 4.98 Å². The molecule has 0 spiro atoms. The minimum Gasteiger partial charge on any atom is -0.372 e. The number of imidazole rings is 1. The predicted molar refractivity (Wildman–Crippen MR) is 80.4 cm³/mol. The van der Waals surface area contributed by atoms with Gasteiger partial charge in [-0.15, -0.1) is 0 Å². The number of hydrogen-bond donors (Lipinski definition) is 0. The van der Waals surface area contributed by atoms with Crippen LogP contribution < -0.4 is 0 Å². The number of aryl methyl sites for hydroxylation is 1. The highest BCUT2D eigenvalue weighted by molar-refractivity contribution is 5.95. The lowest BCUT2D eigenvalue weighted by Gasteiger charge is -2.35. The van der Waals surface area contributed by atoms with Gasteiger partial charge >= 0.3 is 0 Å². The second-order valence-corrected chi connectivity index (χ2v) is 5.80. The second-order valence-electron chi connectivity index (χ2n) is 5.80. The number of halogens is 1. The molecule has 2 aromatic rings. The standard InChI is InChI=1S/C16H20FN3O2/c1-4-13-15(20-9-12(17)5-6-14(20)18-13)16(21)19-7-10(2)22-11(3)8-19/h5-6,9-11H,4,7-8H2,1-3H3. The van der Waals surface area contributed by atoms with Crippen LogP contribution in [0.4, 0.5) is 4.39 Å². The first-order chi connectivity index (χ1) is 10.5. The Morgan fingerprint density at radius 3 is 2.68 bits per heavy atom. The largest absolute Gasteiger partial charge is 0.372 e. The third-order valence-corrected chi connectivity index (χ3v) is 3.90. The molecule has 0 aromatic carbocycles. The highest BCUT2D eigenvalue weighted by atomic mass is 19.1. The molecule has 1 aliphatic heterocycles. The fourth-order valence-corrected chi connectivity index (χ4v) is 3.03. The fourth-order valence-electron chi connectivity index (χ4n) is 3.03. The number of rotatable bonds is 2. The van der Waals surface area contributed by atoms with E-state index in [1.165, 1.54) is 12.3 Å². The van der Waals surface area contributed by atoms with Crippen LogP contribution in [-0.2, 0) is 11.2 Å². The topological polar surface area (TPSA) is 46.8 Å². The van der Waals surface area contributed by atoms with Crippen LogP contribution in [0.15, 0.2) is 18.3 Å². The molecule has 1 fully saturated rings. The van der Waals surface area contributed by atoms with E-state index >= 15 is 0 Å². The summed E-state index contributed by atoms with van der Waals surface area (Å²) in [5.41, 5.74) is 1.75. The van der Waals surface area contributed by atoms with E-state index in [1.54, 1.807) is 15.4 Å². The van der Waals surface area contributed by atoms with E-state index in [9.17, 15) is 9.18 Å². The minimum atomic E-state index is -0.384. The number of ether oxygens (including phenoxy) is 1. The van der Waals surface area contributed by atoms with E-state index in [0.29, 0.717) is 36.5 Å². The Kier molecular flexibility index (Phi) is 3.87. The highest BCUT2D eigenvalue weighted by Gasteiger charge is 2.30. The lowest BCUT2D eigenvalue weighted by Crippen LogP contribution is -2.48. The van der Waals surface area contributed by atoms with Crippen LogP contribution >= 0.6 is 0 Å². The number of amides is 1. The van der Waals surface area contributed by atoms with E-state index in [-0.39, 0.29) is 23.9 Å². The summed E-state index contributed by atoms with van der Waals surface area (Å²) in [5, 5.41) is 0. The number of pyridine rings is 1. The average Bonchev–Trinajstić information content (AvgIpc) is 2.83. The van der Waals surface area contributed by atoms with Crippen LogP contribution in [0.25, 0.3) is 5.65 Å². The van der Waals surface area contributed by atoms with Gasteiger partial charge in [-0.3, -0.25) is 9.20 Å². The minimum absolute atomic E-state index is 0.00583. The summed E-state index contributed by atoms with van der Waals surface area (Å²) in [6.07, 6.45) is 1.93. The zero-order valence-electron chi connectivity index (χ0n) is 13.0. The molecule has 2 aromatic heterocycles. The Bertz CT molecular complexity index is 703. The summed E-state index contributed by atoms with van der Waals surface area (Å²) in [5.74, 6) is -0.498. The molecule has 6 heteroatoms. The molecule has 0 N–H and O–H groups in total. The zero-order chi connectivity index (χ0) is 15.9. The molecule has 3 heterocycles. The molecule has 0 saturated carbocycles. The number of fused-ring (bicyclic) bond motifs is 1. The summed E-state index contributed by atoms with van der Waals surface area (Å²) >= 11 is 0. The number of morpholine rings is 1. The number of nitrogens with zero attached hydrogens (tertiary/aromatic N) is 3. The monoisotopic (exact) mass is 305 g/mol. The summed E-state index contributed by atoms with van der Waals surface area (Å²) < 4.78 is 20.8. The quantitative estimate of drug-likeness (QED) is 0.855. The van der Waals surface area contributed by atoms with Crippen molar-refractivity contribution in [1.29, 1.82) is 0 Å². The van der Waals surface area contributed by atoms with Crippen molar-refractivity contribution in [2.24, 2.45) is 0 Å². The van der Waals surface area contributed by atoms with Gasteiger partial charge in [0.2, 0.25) is 0 Å². The summed E-state index contributed by atoms with van der Waals surface area (Å²) in [6.45, 7) is 6.92. The van der Waals surface area contributed by atoms with Crippen LogP contribution in [0.2, 0.25) is 0 Å². The van der Waals surface area contributed by atoms with Gasteiger partial charge in [-0.05, 0) is 32.4 Å². The van der Waals surface area contributed by atoms with Crippen LogP contribution in [0.3, 0.4) is 0 Å². The maximum absolute atomic E-state index is 13.6. The van der Waals surface area contributed by atoms with Gasteiger partial charge in [0.1, 0.15) is 17.2 Å². The van der Waals surface area contributed by atoms with Crippen LogP contribution in [0.5, 0.6) is 0 Å². The second kappa shape index (κ2) is 5.68. The van der Waals surface area contributed by atoms with Crippen molar-refractivity contribution in [3.63, 3.8) is 0 Å². The summed E-state index contributed by atoms with van der Waals surface area (Å²) in [4.78, 5) is 19.2. The molecule has 118 valence electrons. The Morgan fingerprint density at radius 1 is 1.36 bits per heavy atom. The van der Waals surface area contributed by atoms with Gasteiger partial charge in [0.05, 0.1) is 17.9 Å².